The quantitative estimate of drug-likeness (QED) is 0.749. The molecule has 1 aromatic carbocycles. The van der Waals surface area contributed by atoms with E-state index in [-0.39, 0.29) is 0 Å². The summed E-state index contributed by atoms with van der Waals surface area (Å²) >= 11 is 3.26. The van der Waals surface area contributed by atoms with Crippen molar-refractivity contribution in [2.24, 2.45) is 0 Å². The predicted molar refractivity (Wildman–Crippen MR) is 69.8 cm³/mol. The average molecular weight is 314 g/mol. The maximum absolute atomic E-state index is 11.9. The van der Waals surface area contributed by atoms with Gasteiger partial charge < -0.3 is 9.26 Å². The molecule has 0 unspecified atom stereocenters. The van der Waals surface area contributed by atoms with E-state index < -0.39 is 17.3 Å². The Labute approximate surface area is 111 Å². The Kier molecular flexibility index (Phi) is 3.06. The third kappa shape index (κ3) is 2.48. The molecule has 2 aromatic rings. The Balaban J connectivity index is 2.49. The number of benzene rings is 1. The Hall–Kier alpha value is -1.56. The molecule has 0 saturated carbocycles. The number of carbonyl (C=O) groups excluding carboxylic acids is 1. The van der Waals surface area contributed by atoms with E-state index in [0.29, 0.717) is 15.7 Å². The monoisotopic (exact) mass is 313 g/mol. The second-order valence-corrected chi connectivity index (χ2v) is 5.73. The first-order valence-corrected chi connectivity index (χ1v) is 6.12. The molecule has 0 radical (unpaired) electrons. The number of ether oxygens (including phenoxy) is 1. The molecule has 5 nitrogen and oxygen atoms in total. The summed E-state index contributed by atoms with van der Waals surface area (Å²) in [7, 11) is 0. The van der Waals surface area contributed by atoms with Gasteiger partial charge in [0.25, 0.3) is 0 Å². The molecule has 0 aliphatic rings. The van der Waals surface area contributed by atoms with Crippen molar-refractivity contribution in [3.63, 3.8) is 0 Å². The fraction of sp³-hybridized carbons (Fsp3) is 0.333. The number of aromatic nitrogens is 1. The van der Waals surface area contributed by atoms with Crippen LogP contribution in [0.5, 0.6) is 0 Å². The molecule has 1 aromatic heterocycles. The van der Waals surface area contributed by atoms with E-state index in [0.717, 1.165) is 4.47 Å². The second kappa shape index (κ2) is 4.28. The van der Waals surface area contributed by atoms with Crippen LogP contribution in [0, 0.1) is 0 Å². The highest BCUT2D eigenvalue weighted by molar-refractivity contribution is 9.10. The summed E-state index contributed by atoms with van der Waals surface area (Å²) in [5, 5.41) is 0.337. The van der Waals surface area contributed by atoms with Crippen LogP contribution in [0.1, 0.15) is 20.8 Å². The van der Waals surface area contributed by atoms with Crippen molar-refractivity contribution in [1.29, 1.82) is 0 Å². The zero-order valence-corrected chi connectivity index (χ0v) is 11.8. The number of hydrogen-bond acceptors (Lipinski definition) is 4. The van der Waals surface area contributed by atoms with Crippen molar-refractivity contribution in [1.82, 2.24) is 4.74 Å². The molecular weight excluding hydrogens is 302 g/mol. The fourth-order valence-electron chi connectivity index (χ4n) is 1.42. The molecular formula is C12H12BrNO4. The van der Waals surface area contributed by atoms with Gasteiger partial charge in [-0.15, -0.1) is 0 Å². The lowest BCUT2D eigenvalue weighted by Crippen LogP contribution is -2.31. The molecule has 18 heavy (non-hydrogen) atoms. The summed E-state index contributed by atoms with van der Waals surface area (Å²) in [4.78, 5) is 23.7. The van der Waals surface area contributed by atoms with Gasteiger partial charge in [-0.3, -0.25) is 4.79 Å². The van der Waals surface area contributed by atoms with Crippen LogP contribution in [-0.4, -0.2) is 16.4 Å². The molecule has 0 saturated heterocycles. The Morgan fingerprint density at radius 3 is 2.67 bits per heavy atom. The first-order valence-electron chi connectivity index (χ1n) is 5.33. The molecule has 0 amide bonds. The van der Waals surface area contributed by atoms with Crippen molar-refractivity contribution in [3.05, 3.63) is 33.0 Å². The molecule has 0 N–H and O–H groups in total. The zero-order chi connectivity index (χ0) is 13.5. The molecule has 0 bridgehead atoms. The molecule has 0 aliphatic heterocycles. The molecule has 0 spiro atoms. The van der Waals surface area contributed by atoms with Crippen LogP contribution in [0.2, 0.25) is 0 Å². The van der Waals surface area contributed by atoms with E-state index in [1.54, 1.807) is 39.0 Å². The highest BCUT2D eigenvalue weighted by Gasteiger charge is 2.22. The van der Waals surface area contributed by atoms with Crippen LogP contribution in [-0.2, 0) is 4.74 Å². The number of rotatable bonds is 0. The number of hydrogen-bond donors (Lipinski definition) is 0. The average Bonchev–Trinajstić information content (AvgIpc) is 2.53. The van der Waals surface area contributed by atoms with Gasteiger partial charge in [0.15, 0.2) is 5.58 Å². The fourth-order valence-corrected chi connectivity index (χ4v) is 1.76. The predicted octanol–water partition coefficient (Wildman–Crippen LogP) is 3.14. The number of fused-ring (bicyclic) bond motifs is 1. The van der Waals surface area contributed by atoms with Crippen LogP contribution >= 0.6 is 15.9 Å². The lowest BCUT2D eigenvalue weighted by molar-refractivity contribution is 0.0389. The van der Waals surface area contributed by atoms with E-state index in [2.05, 4.69) is 15.9 Å². The third-order valence-electron chi connectivity index (χ3n) is 2.11. The Morgan fingerprint density at radius 2 is 2.06 bits per heavy atom. The lowest BCUT2D eigenvalue weighted by Gasteiger charge is -2.18. The maximum atomic E-state index is 11.9. The van der Waals surface area contributed by atoms with E-state index in [4.69, 9.17) is 9.26 Å². The van der Waals surface area contributed by atoms with E-state index in [1.807, 2.05) is 0 Å². The van der Waals surface area contributed by atoms with E-state index >= 15 is 0 Å². The smallest absolute Gasteiger partial charge is 0.441 e. The van der Waals surface area contributed by atoms with Crippen molar-refractivity contribution in [3.8, 4) is 0 Å². The molecule has 1 heterocycles. The molecule has 6 heteroatoms. The van der Waals surface area contributed by atoms with Gasteiger partial charge in [0.2, 0.25) is 0 Å². The molecule has 0 fully saturated rings. The summed E-state index contributed by atoms with van der Waals surface area (Å²) in [6, 6.07) is 4.92. The largest absolute Gasteiger partial charge is 0.451 e. The summed E-state index contributed by atoms with van der Waals surface area (Å²) in [6.07, 6.45) is -0.820. The summed E-state index contributed by atoms with van der Waals surface area (Å²) in [5.41, 5.74) is -0.872. The topological polar surface area (TPSA) is 61.4 Å². The number of carbonyl (C=O) groups is 1. The van der Waals surface area contributed by atoms with Gasteiger partial charge >= 0.3 is 11.7 Å². The Bertz CT molecular complexity index is 663. The van der Waals surface area contributed by atoms with Crippen LogP contribution in [0.4, 0.5) is 4.79 Å². The van der Waals surface area contributed by atoms with Crippen LogP contribution < -0.4 is 5.56 Å². The van der Waals surface area contributed by atoms with Gasteiger partial charge in [0, 0.05) is 4.47 Å². The van der Waals surface area contributed by atoms with Crippen molar-refractivity contribution >= 4 is 33.0 Å². The minimum absolute atomic E-state index is 0.334. The zero-order valence-electron chi connectivity index (χ0n) is 10.2. The van der Waals surface area contributed by atoms with Gasteiger partial charge in [-0.1, -0.05) is 20.7 Å². The first kappa shape index (κ1) is 12.9. The summed E-state index contributed by atoms with van der Waals surface area (Å²) in [6.45, 7) is 5.15. The van der Waals surface area contributed by atoms with Crippen LogP contribution in [0.3, 0.4) is 0 Å². The first-order chi connectivity index (χ1) is 8.28. The molecule has 2 rings (SSSR count). The maximum Gasteiger partial charge on any atom is 0.451 e. The van der Waals surface area contributed by atoms with E-state index in [1.165, 1.54) is 0 Å². The summed E-state index contributed by atoms with van der Waals surface area (Å²) < 4.78 is 11.7. The van der Waals surface area contributed by atoms with Crippen molar-refractivity contribution in [2.45, 2.75) is 26.4 Å². The van der Waals surface area contributed by atoms with Gasteiger partial charge in [-0.05, 0) is 39.0 Å². The number of nitrogens with zero attached hydrogens (tertiary/aromatic N) is 1. The molecule has 96 valence electrons. The van der Waals surface area contributed by atoms with Crippen LogP contribution in [0.15, 0.2) is 32.0 Å². The third-order valence-corrected chi connectivity index (χ3v) is 2.60. The molecule has 0 aliphatic carbocycles. The second-order valence-electron chi connectivity index (χ2n) is 4.81. The van der Waals surface area contributed by atoms with Crippen molar-refractivity contribution in [2.75, 3.05) is 0 Å². The Morgan fingerprint density at radius 1 is 1.39 bits per heavy atom. The molecule has 0 atom stereocenters. The van der Waals surface area contributed by atoms with Crippen molar-refractivity contribution < 1.29 is 14.1 Å². The standard InChI is InChI=1S/C12H12BrNO4/c1-12(2,3)17-11(16)14-10(15)8-5-4-7(13)6-9(8)18-14/h4-6H,1-3H3. The van der Waals surface area contributed by atoms with Crippen LogP contribution in [0.25, 0.3) is 11.0 Å². The minimum Gasteiger partial charge on any atom is -0.441 e. The minimum atomic E-state index is -0.820. The highest BCUT2D eigenvalue weighted by Crippen LogP contribution is 2.18. The van der Waals surface area contributed by atoms with Gasteiger partial charge in [0.05, 0.1) is 5.39 Å². The van der Waals surface area contributed by atoms with E-state index in [9.17, 15) is 9.59 Å². The number of halogens is 1. The highest BCUT2D eigenvalue weighted by atomic mass is 79.9. The van der Waals surface area contributed by atoms with Gasteiger partial charge in [-0.2, -0.15) is 0 Å². The van der Waals surface area contributed by atoms with Gasteiger partial charge in [-0.25, -0.2) is 4.79 Å². The SMILES string of the molecule is CC(C)(C)OC(=O)n1oc2cc(Br)ccc2c1=O. The summed E-state index contributed by atoms with van der Waals surface area (Å²) in [5.74, 6) is 0. The van der Waals surface area contributed by atoms with Gasteiger partial charge in [0.1, 0.15) is 5.60 Å². The normalized spacial score (nSPS) is 11.8. The lowest BCUT2D eigenvalue weighted by atomic mass is 10.2.